The average molecular weight is 420 g/mol. The molecule has 2 atom stereocenters. The highest BCUT2D eigenvalue weighted by molar-refractivity contribution is 7.20. The molecule has 29 heavy (non-hydrogen) atoms. The number of carbonyl (C=O) groups excluding carboxylic acids is 3. The fourth-order valence-electron chi connectivity index (χ4n) is 3.54. The molecule has 2 aromatic rings. The lowest BCUT2D eigenvalue weighted by Gasteiger charge is -2.29. The summed E-state index contributed by atoms with van der Waals surface area (Å²) in [6.45, 7) is 4.75. The van der Waals surface area contributed by atoms with Crippen LogP contribution in [0, 0.1) is 19.8 Å². The van der Waals surface area contributed by atoms with E-state index in [4.69, 9.17) is 4.74 Å². The van der Waals surface area contributed by atoms with Gasteiger partial charge in [0.2, 0.25) is 0 Å². The Morgan fingerprint density at radius 3 is 2.69 bits per heavy atom. The minimum atomic E-state index is -0.737. The van der Waals surface area contributed by atoms with Gasteiger partial charge >= 0.3 is 12.0 Å². The number of nitrogens with one attached hydrogen (secondary N) is 3. The second kappa shape index (κ2) is 8.73. The highest BCUT2D eigenvalue weighted by Crippen LogP contribution is 2.27. The molecule has 2 aromatic heterocycles. The quantitative estimate of drug-likeness (QED) is 0.650. The zero-order valence-corrected chi connectivity index (χ0v) is 17.4. The second-order valence-corrected chi connectivity index (χ2v) is 8.35. The van der Waals surface area contributed by atoms with Crippen LogP contribution in [0.1, 0.15) is 53.7 Å². The first kappa shape index (κ1) is 21.0. The third kappa shape index (κ3) is 4.81. The normalized spacial score (nSPS) is 19.0. The molecule has 0 aromatic carbocycles. The van der Waals surface area contributed by atoms with Gasteiger partial charge in [-0.3, -0.25) is 14.9 Å². The first-order valence-corrected chi connectivity index (χ1v) is 10.4. The molecule has 1 fully saturated rings. The lowest BCUT2D eigenvalue weighted by atomic mass is 9.86. The van der Waals surface area contributed by atoms with Crippen molar-refractivity contribution in [2.45, 2.75) is 52.5 Å². The number of nitrogens with zero attached hydrogens (tertiary/aromatic N) is 1. The maximum Gasteiger partial charge on any atom is 0.349 e. The van der Waals surface area contributed by atoms with E-state index in [2.05, 4.69) is 27.5 Å². The molecule has 1 aliphatic rings. The Bertz CT molecular complexity index is 1010. The van der Waals surface area contributed by atoms with Crippen LogP contribution in [0.4, 0.5) is 4.79 Å². The number of amides is 3. The van der Waals surface area contributed by atoms with E-state index < -0.39 is 24.5 Å². The van der Waals surface area contributed by atoms with Gasteiger partial charge in [-0.05, 0) is 38.2 Å². The number of hydrogen-bond donors (Lipinski definition) is 3. The number of aromatic nitrogens is 2. The summed E-state index contributed by atoms with van der Waals surface area (Å²) in [5.41, 5.74) is 0.125. The van der Waals surface area contributed by atoms with Crippen molar-refractivity contribution in [3.05, 3.63) is 26.6 Å². The fourth-order valence-corrected chi connectivity index (χ4v) is 4.66. The van der Waals surface area contributed by atoms with E-state index in [0.29, 0.717) is 27.5 Å². The number of H-pyrrole nitrogens is 1. The Hall–Kier alpha value is -2.75. The van der Waals surface area contributed by atoms with E-state index in [9.17, 15) is 19.2 Å². The fraction of sp³-hybridized carbons (Fsp3) is 0.526. The molecule has 156 valence electrons. The molecular weight excluding hydrogens is 396 g/mol. The molecule has 3 N–H and O–H groups in total. The van der Waals surface area contributed by atoms with Gasteiger partial charge in [-0.15, -0.1) is 11.3 Å². The van der Waals surface area contributed by atoms with Crippen molar-refractivity contribution in [1.82, 2.24) is 20.6 Å². The number of esters is 1. The van der Waals surface area contributed by atoms with Gasteiger partial charge in [0.05, 0.1) is 5.39 Å². The molecule has 3 rings (SSSR count). The molecule has 3 amide bonds. The smallest absolute Gasteiger partial charge is 0.349 e. The zero-order valence-electron chi connectivity index (χ0n) is 16.6. The Kier molecular flexibility index (Phi) is 6.31. The second-order valence-electron chi connectivity index (χ2n) is 7.35. The standard InChI is InChI=1S/C19H24N4O5S/c1-9-6-4-5-7-12(9)22-19(27)23-13(24)8-28-18(26)15-10(2)14-16(25)20-11(3)21-17(14)29-15/h9,12H,4-8H2,1-3H3,(H,20,21,25)(H2,22,23,24,27)/t9-,12-/m0/s1. The van der Waals surface area contributed by atoms with Crippen molar-refractivity contribution in [1.29, 1.82) is 0 Å². The van der Waals surface area contributed by atoms with Gasteiger partial charge in [-0.2, -0.15) is 0 Å². The number of carbonyl (C=O) groups is 3. The highest BCUT2D eigenvalue weighted by Gasteiger charge is 2.24. The van der Waals surface area contributed by atoms with Crippen LogP contribution in [-0.2, 0) is 9.53 Å². The molecule has 9 nitrogen and oxygen atoms in total. The van der Waals surface area contributed by atoms with Crippen molar-refractivity contribution < 1.29 is 19.1 Å². The Morgan fingerprint density at radius 2 is 1.97 bits per heavy atom. The van der Waals surface area contributed by atoms with Gasteiger partial charge in [0, 0.05) is 6.04 Å². The predicted molar refractivity (Wildman–Crippen MR) is 108 cm³/mol. The van der Waals surface area contributed by atoms with E-state index in [1.165, 1.54) is 0 Å². The molecule has 1 saturated carbocycles. The van der Waals surface area contributed by atoms with Gasteiger partial charge < -0.3 is 15.0 Å². The van der Waals surface area contributed by atoms with E-state index >= 15 is 0 Å². The summed E-state index contributed by atoms with van der Waals surface area (Å²) in [6, 6.07) is -0.552. The van der Waals surface area contributed by atoms with Crippen molar-refractivity contribution in [3.8, 4) is 0 Å². The molecule has 0 unspecified atom stereocenters. The van der Waals surface area contributed by atoms with Crippen LogP contribution >= 0.6 is 11.3 Å². The number of thiophene rings is 1. The lowest BCUT2D eigenvalue weighted by Crippen LogP contribution is -2.48. The Morgan fingerprint density at radius 1 is 1.24 bits per heavy atom. The maximum atomic E-state index is 12.3. The van der Waals surface area contributed by atoms with Gasteiger partial charge in [0.25, 0.3) is 11.5 Å². The molecule has 0 bridgehead atoms. The number of ether oxygens (including phenoxy) is 1. The van der Waals surface area contributed by atoms with Gasteiger partial charge in [-0.25, -0.2) is 14.6 Å². The van der Waals surface area contributed by atoms with Crippen LogP contribution in [-0.4, -0.2) is 40.5 Å². The number of fused-ring (bicyclic) bond motifs is 1. The summed E-state index contributed by atoms with van der Waals surface area (Å²) in [6.07, 6.45) is 4.12. The van der Waals surface area contributed by atoms with Crippen LogP contribution in [0.25, 0.3) is 10.2 Å². The molecule has 1 aliphatic carbocycles. The van der Waals surface area contributed by atoms with E-state index in [-0.39, 0.29) is 16.5 Å². The predicted octanol–water partition coefficient (Wildman–Crippen LogP) is 2.16. The topological polar surface area (TPSA) is 130 Å². The number of hydrogen-bond acceptors (Lipinski definition) is 7. The van der Waals surface area contributed by atoms with Gasteiger partial charge in [0.15, 0.2) is 6.61 Å². The van der Waals surface area contributed by atoms with Crippen LogP contribution in [0.15, 0.2) is 4.79 Å². The van der Waals surface area contributed by atoms with Crippen LogP contribution in [0.3, 0.4) is 0 Å². The van der Waals surface area contributed by atoms with Gasteiger partial charge in [0.1, 0.15) is 15.5 Å². The average Bonchev–Trinajstić information content (AvgIpc) is 2.98. The minimum Gasteiger partial charge on any atom is -0.451 e. The largest absolute Gasteiger partial charge is 0.451 e. The lowest BCUT2D eigenvalue weighted by molar-refractivity contribution is -0.123. The molecule has 2 heterocycles. The summed E-state index contributed by atoms with van der Waals surface area (Å²) in [4.78, 5) is 55.8. The Labute approximate surface area is 171 Å². The molecule has 0 saturated heterocycles. The first-order valence-electron chi connectivity index (χ1n) is 9.53. The monoisotopic (exact) mass is 420 g/mol. The van der Waals surface area contributed by atoms with E-state index in [1.54, 1.807) is 13.8 Å². The molecule has 0 aliphatic heterocycles. The third-order valence-corrected chi connectivity index (χ3v) is 6.29. The summed E-state index contributed by atoms with van der Waals surface area (Å²) in [7, 11) is 0. The molecule has 0 radical (unpaired) electrons. The number of imide groups is 1. The minimum absolute atomic E-state index is 0.0364. The molecule has 10 heteroatoms. The van der Waals surface area contributed by atoms with Crippen molar-refractivity contribution in [3.63, 3.8) is 0 Å². The summed E-state index contributed by atoms with van der Waals surface area (Å²) >= 11 is 1.03. The third-order valence-electron chi connectivity index (χ3n) is 5.12. The number of rotatable bonds is 4. The number of aryl methyl sites for hydroxylation is 2. The maximum absolute atomic E-state index is 12.3. The molecular formula is C19H24N4O5S. The SMILES string of the molecule is Cc1nc2sc(C(=O)OCC(=O)NC(=O)N[C@H]3CCCC[C@@H]3C)c(C)c2c(=O)[nH]1. The van der Waals surface area contributed by atoms with Crippen molar-refractivity contribution in [2.75, 3.05) is 6.61 Å². The molecule has 0 spiro atoms. The number of urea groups is 1. The van der Waals surface area contributed by atoms with Gasteiger partial charge in [-0.1, -0.05) is 19.8 Å². The first-order chi connectivity index (χ1) is 13.8. The summed E-state index contributed by atoms with van der Waals surface area (Å²) in [5.74, 6) is -0.649. The number of aromatic amines is 1. The van der Waals surface area contributed by atoms with Crippen LogP contribution in [0.5, 0.6) is 0 Å². The highest BCUT2D eigenvalue weighted by atomic mass is 32.1. The van der Waals surface area contributed by atoms with E-state index in [1.807, 2.05) is 0 Å². The van der Waals surface area contributed by atoms with E-state index in [0.717, 1.165) is 37.0 Å². The zero-order chi connectivity index (χ0) is 21.1. The summed E-state index contributed by atoms with van der Waals surface area (Å²) < 4.78 is 5.02. The summed E-state index contributed by atoms with van der Waals surface area (Å²) in [5, 5.41) is 5.32. The van der Waals surface area contributed by atoms with Crippen molar-refractivity contribution >= 4 is 39.5 Å². The van der Waals surface area contributed by atoms with Crippen LogP contribution in [0.2, 0.25) is 0 Å². The van der Waals surface area contributed by atoms with Crippen LogP contribution < -0.4 is 16.2 Å². The Balaban J connectivity index is 1.56. The van der Waals surface area contributed by atoms with Crippen molar-refractivity contribution in [2.24, 2.45) is 5.92 Å².